The Balaban J connectivity index is 2.99. The molecule has 0 aliphatic heterocycles. The summed E-state index contributed by atoms with van der Waals surface area (Å²) in [4.78, 5) is 0. The van der Waals surface area contributed by atoms with Gasteiger partial charge in [-0.1, -0.05) is 41.8 Å². The smallest absolute Gasteiger partial charge is 0.0479 e. The zero-order chi connectivity index (χ0) is 11.3. The van der Waals surface area contributed by atoms with Crippen LogP contribution in [0.5, 0.6) is 0 Å². The molecule has 0 fully saturated rings. The summed E-state index contributed by atoms with van der Waals surface area (Å²) in [5.41, 5.74) is 2.29. The van der Waals surface area contributed by atoms with E-state index in [2.05, 4.69) is 18.3 Å². The Bertz CT molecular complexity index is 359. The van der Waals surface area contributed by atoms with Crippen molar-refractivity contribution in [1.29, 1.82) is 0 Å². The first-order valence-electron chi connectivity index (χ1n) is 4.96. The first-order valence-corrected chi connectivity index (χ1v) is 5.72. The molecule has 3 heteroatoms. The van der Waals surface area contributed by atoms with Gasteiger partial charge in [0.2, 0.25) is 0 Å². The highest BCUT2D eigenvalue weighted by atomic mass is 35.5. The number of likely N-dealkylation sites (N-methyl/N-ethyl adjacent to an activating group) is 1. The summed E-state index contributed by atoms with van der Waals surface area (Å²) in [6.07, 6.45) is 3.09. The molecule has 1 nitrogen and oxygen atoms in total. The Morgan fingerprint density at radius 3 is 2.73 bits per heavy atom. The van der Waals surface area contributed by atoms with E-state index in [-0.39, 0.29) is 0 Å². The molecule has 0 aliphatic rings. The summed E-state index contributed by atoms with van der Waals surface area (Å²) in [5, 5.41) is 4.58. The highest BCUT2D eigenvalue weighted by Gasteiger charge is 2.00. The summed E-state index contributed by atoms with van der Waals surface area (Å²) in [6, 6.07) is 5.50. The van der Waals surface area contributed by atoms with Gasteiger partial charge in [0.15, 0.2) is 0 Å². The predicted molar refractivity (Wildman–Crippen MR) is 68.7 cm³/mol. The third kappa shape index (κ3) is 3.86. The second kappa shape index (κ2) is 6.16. The van der Waals surface area contributed by atoms with Gasteiger partial charge in [0, 0.05) is 16.6 Å². The SMILES string of the molecule is CC/C(=C/c1cc(Cl)ccc1Cl)CNC. The molecule has 0 saturated heterocycles. The molecule has 1 aromatic carbocycles. The van der Waals surface area contributed by atoms with Crippen LogP contribution in [-0.4, -0.2) is 13.6 Å². The lowest BCUT2D eigenvalue weighted by Crippen LogP contribution is -2.09. The van der Waals surface area contributed by atoms with E-state index in [1.807, 2.05) is 19.2 Å². The van der Waals surface area contributed by atoms with E-state index in [4.69, 9.17) is 23.2 Å². The second-order valence-electron chi connectivity index (χ2n) is 3.35. The number of rotatable bonds is 4. The summed E-state index contributed by atoms with van der Waals surface area (Å²) >= 11 is 12.0. The molecule has 0 bridgehead atoms. The molecule has 0 saturated carbocycles. The van der Waals surface area contributed by atoms with Crippen molar-refractivity contribution in [2.24, 2.45) is 0 Å². The molecule has 0 aromatic heterocycles. The van der Waals surface area contributed by atoms with Crippen molar-refractivity contribution in [3.63, 3.8) is 0 Å². The third-order valence-electron chi connectivity index (χ3n) is 2.18. The van der Waals surface area contributed by atoms with Crippen LogP contribution in [0.1, 0.15) is 18.9 Å². The van der Waals surface area contributed by atoms with Gasteiger partial charge in [-0.2, -0.15) is 0 Å². The fourth-order valence-electron chi connectivity index (χ4n) is 1.35. The van der Waals surface area contributed by atoms with Crippen LogP contribution in [0.15, 0.2) is 23.8 Å². The van der Waals surface area contributed by atoms with Crippen molar-refractivity contribution in [1.82, 2.24) is 5.32 Å². The Morgan fingerprint density at radius 2 is 2.13 bits per heavy atom. The quantitative estimate of drug-likeness (QED) is 0.843. The molecule has 1 N–H and O–H groups in total. The monoisotopic (exact) mass is 243 g/mol. The molecule has 0 unspecified atom stereocenters. The van der Waals surface area contributed by atoms with E-state index in [0.717, 1.165) is 23.6 Å². The van der Waals surface area contributed by atoms with Gasteiger partial charge in [-0.25, -0.2) is 0 Å². The van der Waals surface area contributed by atoms with Gasteiger partial charge < -0.3 is 5.32 Å². The molecule has 0 heterocycles. The van der Waals surface area contributed by atoms with Crippen LogP contribution in [0, 0.1) is 0 Å². The number of hydrogen-bond donors (Lipinski definition) is 1. The average Bonchev–Trinajstić information content (AvgIpc) is 2.22. The third-order valence-corrected chi connectivity index (χ3v) is 2.75. The first-order chi connectivity index (χ1) is 7.17. The summed E-state index contributed by atoms with van der Waals surface area (Å²) in [7, 11) is 1.93. The highest BCUT2D eigenvalue weighted by molar-refractivity contribution is 6.34. The predicted octanol–water partition coefficient (Wildman–Crippen LogP) is 4.01. The minimum absolute atomic E-state index is 0.713. The van der Waals surface area contributed by atoms with E-state index in [9.17, 15) is 0 Å². The van der Waals surface area contributed by atoms with Crippen LogP contribution >= 0.6 is 23.2 Å². The average molecular weight is 244 g/mol. The highest BCUT2D eigenvalue weighted by Crippen LogP contribution is 2.23. The topological polar surface area (TPSA) is 12.0 Å². The standard InChI is InChI=1S/C12H15Cl2N/c1-3-9(8-15-2)6-10-7-11(13)4-5-12(10)14/h4-7,15H,3,8H2,1-2H3/b9-6-. The Hall–Kier alpha value is -0.500. The number of hydrogen-bond acceptors (Lipinski definition) is 1. The van der Waals surface area contributed by atoms with Crippen molar-refractivity contribution >= 4 is 29.3 Å². The van der Waals surface area contributed by atoms with Crippen LogP contribution in [-0.2, 0) is 0 Å². The summed E-state index contributed by atoms with van der Waals surface area (Å²) in [6.45, 7) is 3.00. The molecular weight excluding hydrogens is 229 g/mol. The number of benzene rings is 1. The van der Waals surface area contributed by atoms with E-state index in [0.29, 0.717) is 5.02 Å². The Labute approximate surface area is 101 Å². The summed E-state index contributed by atoms with van der Waals surface area (Å²) in [5.74, 6) is 0. The maximum Gasteiger partial charge on any atom is 0.0479 e. The minimum Gasteiger partial charge on any atom is -0.316 e. The molecule has 0 aliphatic carbocycles. The molecule has 82 valence electrons. The van der Waals surface area contributed by atoms with Gasteiger partial charge in [0.1, 0.15) is 0 Å². The lowest BCUT2D eigenvalue weighted by atomic mass is 10.1. The molecule has 15 heavy (non-hydrogen) atoms. The van der Waals surface area contributed by atoms with Crippen LogP contribution in [0.25, 0.3) is 6.08 Å². The number of nitrogens with one attached hydrogen (secondary N) is 1. The minimum atomic E-state index is 0.713. The Morgan fingerprint density at radius 1 is 1.40 bits per heavy atom. The maximum absolute atomic E-state index is 6.07. The molecular formula is C12H15Cl2N. The van der Waals surface area contributed by atoms with Gasteiger partial charge >= 0.3 is 0 Å². The lowest BCUT2D eigenvalue weighted by molar-refractivity contribution is 0.851. The summed E-state index contributed by atoms with van der Waals surface area (Å²) < 4.78 is 0. The zero-order valence-electron chi connectivity index (χ0n) is 8.98. The van der Waals surface area contributed by atoms with Crippen molar-refractivity contribution in [2.75, 3.05) is 13.6 Å². The van der Waals surface area contributed by atoms with E-state index < -0.39 is 0 Å². The Kier molecular flexibility index (Phi) is 5.16. The van der Waals surface area contributed by atoms with Crippen LogP contribution in [0.2, 0.25) is 10.0 Å². The first kappa shape index (κ1) is 12.6. The zero-order valence-corrected chi connectivity index (χ0v) is 10.5. The van der Waals surface area contributed by atoms with Crippen molar-refractivity contribution in [2.45, 2.75) is 13.3 Å². The van der Waals surface area contributed by atoms with Gasteiger partial charge in [0.05, 0.1) is 0 Å². The number of halogens is 2. The van der Waals surface area contributed by atoms with E-state index >= 15 is 0 Å². The van der Waals surface area contributed by atoms with Gasteiger partial charge in [-0.05, 0) is 37.2 Å². The van der Waals surface area contributed by atoms with Crippen molar-refractivity contribution in [3.05, 3.63) is 39.4 Å². The van der Waals surface area contributed by atoms with E-state index in [1.54, 1.807) is 6.07 Å². The lowest BCUT2D eigenvalue weighted by Gasteiger charge is -2.05. The van der Waals surface area contributed by atoms with Gasteiger partial charge in [-0.3, -0.25) is 0 Å². The fraction of sp³-hybridized carbons (Fsp3) is 0.333. The normalized spacial score (nSPS) is 11.9. The van der Waals surface area contributed by atoms with Gasteiger partial charge in [0.25, 0.3) is 0 Å². The molecule has 1 rings (SSSR count). The largest absolute Gasteiger partial charge is 0.316 e. The molecule has 0 spiro atoms. The van der Waals surface area contributed by atoms with E-state index in [1.165, 1.54) is 5.57 Å². The molecule has 0 radical (unpaired) electrons. The molecule has 1 aromatic rings. The van der Waals surface area contributed by atoms with Crippen LogP contribution in [0.3, 0.4) is 0 Å². The molecule has 0 amide bonds. The molecule has 0 atom stereocenters. The maximum atomic E-state index is 6.07. The second-order valence-corrected chi connectivity index (χ2v) is 4.20. The van der Waals surface area contributed by atoms with Gasteiger partial charge in [-0.15, -0.1) is 0 Å². The van der Waals surface area contributed by atoms with Crippen molar-refractivity contribution in [3.8, 4) is 0 Å². The fourth-order valence-corrected chi connectivity index (χ4v) is 1.70. The van der Waals surface area contributed by atoms with Crippen molar-refractivity contribution < 1.29 is 0 Å². The van der Waals surface area contributed by atoms with Crippen LogP contribution in [0.4, 0.5) is 0 Å². The van der Waals surface area contributed by atoms with Crippen LogP contribution < -0.4 is 5.32 Å².